The fraction of sp³-hybridized carbons (Fsp3) is 0.750. The maximum Gasteiger partial charge on any atom is 0.158 e. The first-order valence-electron chi connectivity index (χ1n) is 4.49. The van der Waals surface area contributed by atoms with Crippen molar-refractivity contribution >= 4 is 11.8 Å². The van der Waals surface area contributed by atoms with Crippen LogP contribution in [0.2, 0.25) is 0 Å². The minimum atomic E-state index is -0.0103. The number of aliphatic hydroxyl groups excluding tert-OH is 1. The van der Waals surface area contributed by atoms with Gasteiger partial charge in [0.1, 0.15) is 12.9 Å². The summed E-state index contributed by atoms with van der Waals surface area (Å²) in [5.41, 5.74) is 0. The molecule has 0 radical (unpaired) electrons. The topological polar surface area (TPSA) is 50.9 Å². The molecule has 0 saturated carbocycles. The Morgan fingerprint density at radius 2 is 2.31 bits per heavy atom. The Hall–Kier alpha value is -0.550. The second-order valence-electron chi connectivity index (χ2n) is 3.16. The van der Waals surface area contributed by atoms with Gasteiger partial charge in [0.25, 0.3) is 0 Å². The third kappa shape index (κ3) is 1.86. The van der Waals surface area contributed by atoms with Gasteiger partial charge in [0.05, 0.1) is 0 Å². The van der Waals surface area contributed by atoms with Gasteiger partial charge >= 0.3 is 0 Å². The summed E-state index contributed by atoms with van der Waals surface area (Å²) in [5.74, 6) is 3.10. The predicted octanol–water partition coefficient (Wildman–Crippen LogP) is 0.839. The third-order valence-corrected chi connectivity index (χ3v) is 3.42. The molecular weight excluding hydrogens is 186 g/mol. The number of hydrogen-bond acceptors (Lipinski definition) is 4. The molecule has 1 aliphatic heterocycles. The van der Waals surface area contributed by atoms with Crippen molar-refractivity contribution in [1.82, 2.24) is 14.8 Å². The molecule has 0 unspecified atom stereocenters. The Labute approximate surface area is 81.4 Å². The first-order valence-corrected chi connectivity index (χ1v) is 5.64. The average Bonchev–Trinajstić information content (AvgIpc) is 2.67. The van der Waals surface area contributed by atoms with Crippen molar-refractivity contribution in [2.75, 3.05) is 11.5 Å². The molecule has 0 aliphatic carbocycles. The zero-order valence-electron chi connectivity index (χ0n) is 7.39. The Morgan fingerprint density at radius 1 is 1.54 bits per heavy atom. The number of nitrogens with zero attached hydrogens (tertiary/aromatic N) is 3. The van der Waals surface area contributed by atoms with Gasteiger partial charge in [-0.1, -0.05) is 0 Å². The van der Waals surface area contributed by atoms with E-state index in [4.69, 9.17) is 5.11 Å². The third-order valence-electron chi connectivity index (χ3n) is 2.37. The van der Waals surface area contributed by atoms with Gasteiger partial charge in [0.15, 0.2) is 5.82 Å². The quantitative estimate of drug-likeness (QED) is 0.766. The van der Waals surface area contributed by atoms with E-state index in [0.717, 1.165) is 12.8 Å². The SMILES string of the molecule is OCc1nncn1C1CCSCC1. The molecule has 2 heterocycles. The molecule has 13 heavy (non-hydrogen) atoms. The van der Waals surface area contributed by atoms with E-state index in [1.807, 2.05) is 16.3 Å². The highest BCUT2D eigenvalue weighted by Gasteiger charge is 2.17. The maximum atomic E-state index is 9.01. The summed E-state index contributed by atoms with van der Waals surface area (Å²) in [4.78, 5) is 0. The van der Waals surface area contributed by atoms with Crippen LogP contribution < -0.4 is 0 Å². The van der Waals surface area contributed by atoms with E-state index < -0.39 is 0 Å². The maximum absolute atomic E-state index is 9.01. The lowest BCUT2D eigenvalue weighted by Gasteiger charge is -2.23. The largest absolute Gasteiger partial charge is 0.388 e. The van der Waals surface area contributed by atoms with Gasteiger partial charge in [-0.2, -0.15) is 11.8 Å². The van der Waals surface area contributed by atoms with Gasteiger partial charge in [-0.25, -0.2) is 0 Å². The molecule has 1 fully saturated rings. The molecule has 1 saturated heterocycles. The molecule has 0 spiro atoms. The molecule has 0 amide bonds. The number of thioether (sulfide) groups is 1. The average molecular weight is 199 g/mol. The molecule has 1 aromatic heterocycles. The van der Waals surface area contributed by atoms with Crippen molar-refractivity contribution in [3.63, 3.8) is 0 Å². The molecular formula is C8H13N3OS. The van der Waals surface area contributed by atoms with Crippen molar-refractivity contribution in [2.45, 2.75) is 25.5 Å². The monoisotopic (exact) mass is 199 g/mol. The fourth-order valence-electron chi connectivity index (χ4n) is 1.65. The van der Waals surface area contributed by atoms with Gasteiger partial charge in [-0.05, 0) is 24.3 Å². The summed E-state index contributed by atoms with van der Waals surface area (Å²) >= 11 is 1.99. The minimum Gasteiger partial charge on any atom is -0.388 e. The highest BCUT2D eigenvalue weighted by atomic mass is 32.2. The summed E-state index contributed by atoms with van der Waals surface area (Å²) in [7, 11) is 0. The van der Waals surface area contributed by atoms with Crippen molar-refractivity contribution < 1.29 is 5.11 Å². The number of aromatic nitrogens is 3. The van der Waals surface area contributed by atoms with Crippen LogP contribution in [0.15, 0.2) is 6.33 Å². The van der Waals surface area contributed by atoms with E-state index in [0.29, 0.717) is 11.9 Å². The normalized spacial score (nSPS) is 19.2. The van der Waals surface area contributed by atoms with Crippen LogP contribution in [0.25, 0.3) is 0 Å². The van der Waals surface area contributed by atoms with Gasteiger partial charge in [-0.3, -0.25) is 0 Å². The van der Waals surface area contributed by atoms with Crippen LogP contribution in [0, 0.1) is 0 Å². The summed E-state index contributed by atoms with van der Waals surface area (Å²) in [6.07, 6.45) is 4.05. The van der Waals surface area contributed by atoms with E-state index in [2.05, 4.69) is 10.2 Å². The molecule has 4 nitrogen and oxygen atoms in total. The van der Waals surface area contributed by atoms with E-state index in [9.17, 15) is 0 Å². The summed E-state index contributed by atoms with van der Waals surface area (Å²) in [6.45, 7) is -0.0103. The van der Waals surface area contributed by atoms with Crippen molar-refractivity contribution in [3.05, 3.63) is 12.2 Å². The number of aliphatic hydroxyl groups is 1. The molecule has 2 rings (SSSR count). The highest BCUT2D eigenvalue weighted by Crippen LogP contribution is 2.27. The second-order valence-corrected chi connectivity index (χ2v) is 4.38. The highest BCUT2D eigenvalue weighted by molar-refractivity contribution is 7.99. The van der Waals surface area contributed by atoms with Gasteiger partial charge < -0.3 is 9.67 Å². The van der Waals surface area contributed by atoms with E-state index in [1.165, 1.54) is 11.5 Å². The lowest BCUT2D eigenvalue weighted by Crippen LogP contribution is -2.16. The zero-order chi connectivity index (χ0) is 9.10. The van der Waals surface area contributed by atoms with Crippen LogP contribution in [-0.4, -0.2) is 31.4 Å². The van der Waals surface area contributed by atoms with Gasteiger partial charge in [0.2, 0.25) is 0 Å². The molecule has 72 valence electrons. The molecule has 0 bridgehead atoms. The van der Waals surface area contributed by atoms with E-state index in [1.54, 1.807) is 6.33 Å². The standard InChI is InChI=1S/C8H13N3OS/c12-5-8-10-9-6-11(8)7-1-3-13-4-2-7/h6-7,12H,1-5H2. The number of rotatable bonds is 2. The Morgan fingerprint density at radius 3 is 3.00 bits per heavy atom. The molecule has 0 aromatic carbocycles. The Bertz CT molecular complexity index is 270. The van der Waals surface area contributed by atoms with Crippen molar-refractivity contribution in [2.24, 2.45) is 0 Å². The second kappa shape index (κ2) is 4.11. The van der Waals surface area contributed by atoms with Crippen LogP contribution in [0.4, 0.5) is 0 Å². The van der Waals surface area contributed by atoms with Gasteiger partial charge in [-0.15, -0.1) is 10.2 Å². The van der Waals surface area contributed by atoms with E-state index in [-0.39, 0.29) is 6.61 Å². The predicted molar refractivity (Wildman–Crippen MR) is 51.5 cm³/mol. The number of hydrogen-bond donors (Lipinski definition) is 1. The van der Waals surface area contributed by atoms with Crippen LogP contribution in [0.3, 0.4) is 0 Å². The smallest absolute Gasteiger partial charge is 0.158 e. The van der Waals surface area contributed by atoms with E-state index >= 15 is 0 Å². The molecule has 1 aromatic rings. The zero-order valence-corrected chi connectivity index (χ0v) is 8.20. The lowest BCUT2D eigenvalue weighted by molar-refractivity contribution is 0.258. The summed E-state index contributed by atoms with van der Waals surface area (Å²) in [5, 5.41) is 16.7. The first kappa shape index (κ1) is 9.02. The Balaban J connectivity index is 2.13. The van der Waals surface area contributed by atoms with Crippen LogP contribution in [0.5, 0.6) is 0 Å². The molecule has 0 atom stereocenters. The summed E-state index contributed by atoms with van der Waals surface area (Å²) < 4.78 is 2.01. The van der Waals surface area contributed by atoms with Gasteiger partial charge in [0, 0.05) is 6.04 Å². The molecule has 5 heteroatoms. The van der Waals surface area contributed by atoms with Crippen molar-refractivity contribution in [3.8, 4) is 0 Å². The summed E-state index contributed by atoms with van der Waals surface area (Å²) in [6, 6.07) is 0.499. The van der Waals surface area contributed by atoms with Crippen molar-refractivity contribution in [1.29, 1.82) is 0 Å². The Kier molecular flexibility index (Phi) is 2.85. The van der Waals surface area contributed by atoms with Crippen LogP contribution >= 0.6 is 11.8 Å². The molecule has 1 aliphatic rings. The lowest BCUT2D eigenvalue weighted by atomic mass is 10.1. The molecule has 1 N–H and O–H groups in total. The fourth-order valence-corrected chi connectivity index (χ4v) is 2.73. The van der Waals surface area contributed by atoms with Crippen LogP contribution in [-0.2, 0) is 6.61 Å². The first-order chi connectivity index (χ1) is 6.42. The van der Waals surface area contributed by atoms with Crippen LogP contribution in [0.1, 0.15) is 24.7 Å². The minimum absolute atomic E-state index is 0.0103.